The molecular formula is C24H22N2O2S. The van der Waals surface area contributed by atoms with Crippen molar-refractivity contribution in [2.45, 2.75) is 23.9 Å². The predicted octanol–water partition coefficient (Wildman–Crippen LogP) is 4.74. The first-order valence-electron chi connectivity index (χ1n) is 9.64. The van der Waals surface area contributed by atoms with Gasteiger partial charge >= 0.3 is 0 Å². The van der Waals surface area contributed by atoms with Gasteiger partial charge in [-0.3, -0.25) is 9.36 Å². The molecule has 4 rings (SSSR count). The highest BCUT2D eigenvalue weighted by molar-refractivity contribution is 7.98. The number of aromatic nitrogens is 2. The summed E-state index contributed by atoms with van der Waals surface area (Å²) in [4.78, 5) is 17.6. The first-order chi connectivity index (χ1) is 14.3. The highest BCUT2D eigenvalue weighted by Crippen LogP contribution is 2.25. The lowest BCUT2D eigenvalue weighted by atomic mass is 10.0. The second kappa shape index (κ2) is 9.07. The molecule has 0 aliphatic rings. The molecule has 0 radical (unpaired) electrons. The highest BCUT2D eigenvalue weighted by Gasteiger charge is 2.11. The molecule has 0 aliphatic heterocycles. The van der Waals surface area contributed by atoms with Gasteiger partial charge in [-0.25, -0.2) is 4.98 Å². The van der Waals surface area contributed by atoms with Crippen LogP contribution in [0.5, 0.6) is 0 Å². The van der Waals surface area contributed by atoms with Crippen molar-refractivity contribution in [3.8, 4) is 11.1 Å². The van der Waals surface area contributed by atoms with Gasteiger partial charge in [-0.2, -0.15) is 0 Å². The number of nitrogens with zero attached hydrogens (tertiary/aromatic N) is 2. The number of thioether (sulfide) groups is 1. The smallest absolute Gasteiger partial charge is 0.262 e. The van der Waals surface area contributed by atoms with E-state index in [0.29, 0.717) is 29.0 Å². The number of fused-ring (bicyclic) bond motifs is 1. The van der Waals surface area contributed by atoms with E-state index in [0.717, 1.165) is 5.75 Å². The molecule has 0 unspecified atom stereocenters. The number of para-hydroxylation sites is 1. The fourth-order valence-electron chi connectivity index (χ4n) is 3.26. The Bertz CT molecular complexity index is 1160. The van der Waals surface area contributed by atoms with Gasteiger partial charge in [0.05, 0.1) is 10.9 Å². The third-order valence-corrected chi connectivity index (χ3v) is 5.84. The van der Waals surface area contributed by atoms with Crippen molar-refractivity contribution in [1.82, 2.24) is 9.55 Å². The molecule has 29 heavy (non-hydrogen) atoms. The molecule has 0 aliphatic carbocycles. The maximum Gasteiger partial charge on any atom is 0.262 e. The minimum Gasteiger partial charge on any atom is -0.396 e. The molecular weight excluding hydrogens is 380 g/mol. The van der Waals surface area contributed by atoms with Crippen LogP contribution in [-0.2, 0) is 12.3 Å². The lowest BCUT2D eigenvalue weighted by Crippen LogP contribution is -2.24. The maximum atomic E-state index is 12.9. The van der Waals surface area contributed by atoms with Crippen LogP contribution in [0, 0.1) is 0 Å². The van der Waals surface area contributed by atoms with E-state index >= 15 is 0 Å². The molecule has 4 aromatic rings. The second-order valence-corrected chi connectivity index (χ2v) is 7.74. The van der Waals surface area contributed by atoms with Gasteiger partial charge in [-0.1, -0.05) is 78.5 Å². The van der Waals surface area contributed by atoms with Crippen LogP contribution < -0.4 is 5.56 Å². The standard InChI is InChI=1S/C24H22N2O2S/c27-16-6-15-26-23(28)21-9-4-5-10-22(21)25-24(26)29-17-18-11-13-20(14-12-18)19-7-2-1-3-8-19/h1-5,7-14,27H,6,15-17H2. The monoisotopic (exact) mass is 402 g/mol. The molecule has 1 aromatic heterocycles. The van der Waals surface area contributed by atoms with Crippen LogP contribution in [0.25, 0.3) is 22.0 Å². The summed E-state index contributed by atoms with van der Waals surface area (Å²) in [5, 5.41) is 10.5. The Morgan fingerprint density at radius 2 is 1.55 bits per heavy atom. The van der Waals surface area contributed by atoms with Gasteiger partial charge in [0.1, 0.15) is 0 Å². The van der Waals surface area contributed by atoms with E-state index in [2.05, 4.69) is 36.4 Å². The Hall–Kier alpha value is -2.89. The lowest BCUT2D eigenvalue weighted by molar-refractivity contribution is 0.276. The Morgan fingerprint density at radius 3 is 2.31 bits per heavy atom. The van der Waals surface area contributed by atoms with Crippen molar-refractivity contribution in [2.24, 2.45) is 0 Å². The summed E-state index contributed by atoms with van der Waals surface area (Å²) in [5.74, 6) is 0.721. The van der Waals surface area contributed by atoms with Crippen molar-refractivity contribution >= 4 is 22.7 Å². The van der Waals surface area contributed by atoms with Crippen LogP contribution in [-0.4, -0.2) is 21.3 Å². The van der Waals surface area contributed by atoms with Crippen molar-refractivity contribution in [3.05, 3.63) is 94.8 Å². The average molecular weight is 403 g/mol. The van der Waals surface area contributed by atoms with Crippen LogP contribution in [0.4, 0.5) is 0 Å². The van der Waals surface area contributed by atoms with Gasteiger partial charge < -0.3 is 5.11 Å². The van der Waals surface area contributed by atoms with Gasteiger partial charge in [0.2, 0.25) is 0 Å². The SMILES string of the molecule is O=c1c2ccccc2nc(SCc2ccc(-c3ccccc3)cc2)n1CCCO. The summed E-state index contributed by atoms with van der Waals surface area (Å²) in [6, 6.07) is 26.2. The van der Waals surface area contributed by atoms with Gasteiger partial charge in [-0.05, 0) is 35.2 Å². The van der Waals surface area contributed by atoms with Gasteiger partial charge in [0.15, 0.2) is 5.16 Å². The summed E-state index contributed by atoms with van der Waals surface area (Å²) in [6.45, 7) is 0.507. The second-order valence-electron chi connectivity index (χ2n) is 6.80. The number of hydrogen-bond donors (Lipinski definition) is 1. The lowest BCUT2D eigenvalue weighted by Gasteiger charge is -2.13. The molecule has 1 heterocycles. The normalized spacial score (nSPS) is 11.1. The molecule has 0 bridgehead atoms. The molecule has 0 spiro atoms. The molecule has 0 atom stereocenters. The Kier molecular flexibility index (Phi) is 6.08. The fourth-order valence-corrected chi connectivity index (χ4v) is 4.24. The molecule has 146 valence electrons. The summed E-state index contributed by atoms with van der Waals surface area (Å²) in [6.07, 6.45) is 0.527. The van der Waals surface area contributed by atoms with E-state index in [4.69, 9.17) is 4.98 Å². The molecule has 1 N–H and O–H groups in total. The third-order valence-electron chi connectivity index (χ3n) is 4.80. The van der Waals surface area contributed by atoms with E-state index in [1.165, 1.54) is 16.7 Å². The Balaban J connectivity index is 1.58. The zero-order valence-electron chi connectivity index (χ0n) is 16.0. The zero-order chi connectivity index (χ0) is 20.1. The van der Waals surface area contributed by atoms with Crippen molar-refractivity contribution < 1.29 is 5.11 Å². The minimum absolute atomic E-state index is 0.0460. The van der Waals surface area contributed by atoms with E-state index in [9.17, 15) is 9.90 Å². The molecule has 3 aromatic carbocycles. The van der Waals surface area contributed by atoms with Crippen LogP contribution in [0.15, 0.2) is 88.8 Å². The van der Waals surface area contributed by atoms with Crippen molar-refractivity contribution in [3.63, 3.8) is 0 Å². The minimum atomic E-state index is -0.0500. The van der Waals surface area contributed by atoms with Crippen LogP contribution in [0.2, 0.25) is 0 Å². The number of rotatable bonds is 7. The largest absolute Gasteiger partial charge is 0.396 e. The van der Waals surface area contributed by atoms with Gasteiger partial charge in [0.25, 0.3) is 5.56 Å². The van der Waals surface area contributed by atoms with E-state index < -0.39 is 0 Å². The summed E-state index contributed by atoms with van der Waals surface area (Å²) < 4.78 is 1.68. The predicted molar refractivity (Wildman–Crippen MR) is 119 cm³/mol. The molecule has 0 saturated heterocycles. The van der Waals surface area contributed by atoms with E-state index in [1.807, 2.05) is 36.4 Å². The summed E-state index contributed by atoms with van der Waals surface area (Å²) in [5.41, 5.74) is 4.21. The van der Waals surface area contributed by atoms with Crippen LogP contribution in [0.3, 0.4) is 0 Å². The van der Waals surface area contributed by atoms with Crippen LogP contribution >= 0.6 is 11.8 Å². The van der Waals surface area contributed by atoms with Crippen molar-refractivity contribution in [1.29, 1.82) is 0 Å². The van der Waals surface area contributed by atoms with Gasteiger partial charge in [-0.15, -0.1) is 0 Å². The summed E-state index contributed by atoms with van der Waals surface area (Å²) in [7, 11) is 0. The number of benzene rings is 3. The molecule has 0 saturated carbocycles. The van der Waals surface area contributed by atoms with Crippen LogP contribution in [0.1, 0.15) is 12.0 Å². The number of aliphatic hydroxyl groups excluding tert-OH is 1. The van der Waals surface area contributed by atoms with E-state index in [1.54, 1.807) is 22.4 Å². The summed E-state index contributed by atoms with van der Waals surface area (Å²) >= 11 is 1.55. The topological polar surface area (TPSA) is 55.1 Å². The first kappa shape index (κ1) is 19.4. The zero-order valence-corrected chi connectivity index (χ0v) is 16.8. The molecule has 5 heteroatoms. The molecule has 4 nitrogen and oxygen atoms in total. The Morgan fingerprint density at radius 1 is 0.862 bits per heavy atom. The fraction of sp³-hybridized carbons (Fsp3) is 0.167. The maximum absolute atomic E-state index is 12.9. The first-order valence-corrected chi connectivity index (χ1v) is 10.6. The number of hydrogen-bond acceptors (Lipinski definition) is 4. The van der Waals surface area contributed by atoms with E-state index in [-0.39, 0.29) is 12.2 Å². The average Bonchev–Trinajstić information content (AvgIpc) is 2.78. The third kappa shape index (κ3) is 4.42. The number of aliphatic hydroxyl groups is 1. The quantitative estimate of drug-likeness (QED) is 0.358. The highest BCUT2D eigenvalue weighted by atomic mass is 32.2. The molecule has 0 fully saturated rings. The van der Waals surface area contributed by atoms with Crippen molar-refractivity contribution in [2.75, 3.05) is 6.61 Å². The Labute approximate surface area is 173 Å². The van der Waals surface area contributed by atoms with Gasteiger partial charge in [0, 0.05) is 18.9 Å². The molecule has 0 amide bonds.